The number of nitrogens with zero attached hydrogens (tertiary/aromatic N) is 1. The summed E-state index contributed by atoms with van der Waals surface area (Å²) >= 11 is 0. The van der Waals surface area contributed by atoms with E-state index in [2.05, 4.69) is 54.3 Å². The van der Waals surface area contributed by atoms with Crippen LogP contribution in [-0.2, 0) is 19.5 Å². The molecule has 0 saturated heterocycles. The van der Waals surface area contributed by atoms with E-state index in [4.69, 9.17) is 5.73 Å². The van der Waals surface area contributed by atoms with Gasteiger partial charge >= 0.3 is 0 Å². The summed E-state index contributed by atoms with van der Waals surface area (Å²) in [4.78, 5) is 2.55. The zero-order valence-corrected chi connectivity index (χ0v) is 12.0. The molecule has 1 unspecified atom stereocenters. The maximum absolute atomic E-state index is 5.87. The zero-order valence-electron chi connectivity index (χ0n) is 12.0. The van der Waals surface area contributed by atoms with Gasteiger partial charge < -0.3 is 5.73 Å². The molecule has 0 aliphatic carbocycles. The second-order valence-electron chi connectivity index (χ2n) is 5.81. The zero-order chi connectivity index (χ0) is 13.9. The second kappa shape index (κ2) is 5.68. The van der Waals surface area contributed by atoms with Crippen molar-refractivity contribution in [1.29, 1.82) is 0 Å². The van der Waals surface area contributed by atoms with E-state index in [0.29, 0.717) is 6.04 Å². The standard InChI is InChI=1S/C18H22N2/c1-14(7-8-15-5-3-2-4-6-15)20-12-16-9-10-18(19)11-17(16)13-20/h2-6,9-11,14H,7-8,12-13,19H2,1H3. The molecular weight excluding hydrogens is 244 g/mol. The van der Waals surface area contributed by atoms with Crippen molar-refractivity contribution in [2.75, 3.05) is 5.73 Å². The Morgan fingerprint density at radius 1 is 1.05 bits per heavy atom. The lowest BCUT2D eigenvalue weighted by atomic mass is 10.1. The molecule has 2 heteroatoms. The topological polar surface area (TPSA) is 29.3 Å². The summed E-state index contributed by atoms with van der Waals surface area (Å²) in [6.07, 6.45) is 2.35. The molecule has 0 saturated carbocycles. The molecule has 2 aromatic rings. The molecule has 1 aliphatic rings. The van der Waals surface area contributed by atoms with Gasteiger partial charge in [-0.25, -0.2) is 0 Å². The van der Waals surface area contributed by atoms with Crippen LogP contribution < -0.4 is 5.73 Å². The van der Waals surface area contributed by atoms with Gasteiger partial charge in [-0.1, -0.05) is 36.4 Å². The number of nitrogen functional groups attached to an aromatic ring is 1. The first-order valence-corrected chi connectivity index (χ1v) is 7.37. The molecule has 0 amide bonds. The summed E-state index contributed by atoms with van der Waals surface area (Å²) < 4.78 is 0. The molecule has 2 nitrogen and oxygen atoms in total. The van der Waals surface area contributed by atoms with Gasteiger partial charge in [-0.2, -0.15) is 0 Å². The van der Waals surface area contributed by atoms with Gasteiger partial charge in [0.05, 0.1) is 0 Å². The van der Waals surface area contributed by atoms with Crippen LogP contribution in [0.15, 0.2) is 48.5 Å². The smallest absolute Gasteiger partial charge is 0.0317 e. The minimum absolute atomic E-state index is 0.601. The summed E-state index contributed by atoms with van der Waals surface area (Å²) in [5.74, 6) is 0. The highest BCUT2D eigenvalue weighted by atomic mass is 15.2. The minimum Gasteiger partial charge on any atom is -0.399 e. The molecule has 2 N–H and O–H groups in total. The normalized spacial score (nSPS) is 16.1. The van der Waals surface area contributed by atoms with Crippen LogP contribution in [0, 0.1) is 0 Å². The third kappa shape index (κ3) is 2.86. The number of fused-ring (bicyclic) bond motifs is 1. The number of nitrogens with two attached hydrogens (primary N) is 1. The number of aryl methyl sites for hydroxylation is 1. The molecule has 0 fully saturated rings. The fourth-order valence-electron chi connectivity index (χ4n) is 2.96. The van der Waals surface area contributed by atoms with Crippen LogP contribution in [0.25, 0.3) is 0 Å². The maximum Gasteiger partial charge on any atom is 0.0317 e. The number of benzene rings is 2. The lowest BCUT2D eigenvalue weighted by Crippen LogP contribution is -2.28. The Labute approximate surface area is 121 Å². The van der Waals surface area contributed by atoms with Gasteiger partial charge in [-0.05, 0) is 48.6 Å². The Bertz CT molecular complexity index is 577. The Hall–Kier alpha value is -1.80. The van der Waals surface area contributed by atoms with Crippen molar-refractivity contribution in [1.82, 2.24) is 4.90 Å². The van der Waals surface area contributed by atoms with Crippen molar-refractivity contribution in [3.8, 4) is 0 Å². The monoisotopic (exact) mass is 266 g/mol. The first kappa shape index (κ1) is 13.2. The van der Waals surface area contributed by atoms with Gasteiger partial charge in [0, 0.05) is 24.8 Å². The molecular formula is C18H22N2. The van der Waals surface area contributed by atoms with E-state index in [1.165, 1.54) is 23.1 Å². The van der Waals surface area contributed by atoms with E-state index in [0.717, 1.165) is 25.2 Å². The highest BCUT2D eigenvalue weighted by Gasteiger charge is 2.22. The Morgan fingerprint density at radius 3 is 2.60 bits per heavy atom. The van der Waals surface area contributed by atoms with Gasteiger partial charge in [0.25, 0.3) is 0 Å². The summed E-state index contributed by atoms with van der Waals surface area (Å²) in [5, 5.41) is 0. The summed E-state index contributed by atoms with van der Waals surface area (Å²) in [5.41, 5.74) is 11.0. The van der Waals surface area contributed by atoms with E-state index in [1.54, 1.807) is 0 Å². The fourth-order valence-corrected chi connectivity index (χ4v) is 2.96. The third-order valence-corrected chi connectivity index (χ3v) is 4.29. The Kier molecular flexibility index (Phi) is 3.75. The molecule has 3 rings (SSSR count). The van der Waals surface area contributed by atoms with E-state index in [9.17, 15) is 0 Å². The Balaban J connectivity index is 1.58. The molecule has 1 aliphatic heterocycles. The van der Waals surface area contributed by atoms with Crippen LogP contribution in [0.5, 0.6) is 0 Å². The van der Waals surface area contributed by atoms with E-state index >= 15 is 0 Å². The number of rotatable bonds is 4. The van der Waals surface area contributed by atoms with Gasteiger partial charge in [-0.15, -0.1) is 0 Å². The van der Waals surface area contributed by atoms with E-state index in [-0.39, 0.29) is 0 Å². The quantitative estimate of drug-likeness (QED) is 0.857. The lowest BCUT2D eigenvalue weighted by Gasteiger charge is -2.23. The highest BCUT2D eigenvalue weighted by molar-refractivity contribution is 5.46. The fraction of sp³-hybridized carbons (Fsp3) is 0.333. The van der Waals surface area contributed by atoms with Crippen molar-refractivity contribution in [2.45, 2.75) is 38.9 Å². The molecule has 2 aromatic carbocycles. The van der Waals surface area contributed by atoms with Gasteiger partial charge in [0.1, 0.15) is 0 Å². The van der Waals surface area contributed by atoms with Gasteiger partial charge in [0.2, 0.25) is 0 Å². The lowest BCUT2D eigenvalue weighted by molar-refractivity contribution is 0.203. The van der Waals surface area contributed by atoms with Crippen molar-refractivity contribution < 1.29 is 0 Å². The third-order valence-electron chi connectivity index (χ3n) is 4.29. The highest BCUT2D eigenvalue weighted by Crippen LogP contribution is 2.27. The largest absolute Gasteiger partial charge is 0.399 e. The predicted octanol–water partition coefficient (Wildman–Crippen LogP) is 3.61. The van der Waals surface area contributed by atoms with Crippen LogP contribution in [0.4, 0.5) is 5.69 Å². The van der Waals surface area contributed by atoms with E-state index in [1.807, 2.05) is 6.07 Å². The molecule has 1 heterocycles. The first-order valence-electron chi connectivity index (χ1n) is 7.37. The van der Waals surface area contributed by atoms with Crippen LogP contribution in [-0.4, -0.2) is 10.9 Å². The molecule has 0 bridgehead atoms. The van der Waals surface area contributed by atoms with Crippen molar-refractivity contribution >= 4 is 5.69 Å². The second-order valence-corrected chi connectivity index (χ2v) is 5.81. The molecule has 0 spiro atoms. The molecule has 104 valence electrons. The summed E-state index contributed by atoms with van der Waals surface area (Å²) in [6, 6.07) is 17.7. The van der Waals surface area contributed by atoms with Crippen LogP contribution in [0.2, 0.25) is 0 Å². The van der Waals surface area contributed by atoms with Crippen LogP contribution in [0.3, 0.4) is 0 Å². The first-order chi connectivity index (χ1) is 9.72. The average Bonchev–Trinajstić information content (AvgIpc) is 2.89. The average molecular weight is 266 g/mol. The SMILES string of the molecule is CC(CCc1ccccc1)N1Cc2ccc(N)cc2C1. The predicted molar refractivity (Wildman–Crippen MR) is 84.3 cm³/mol. The van der Waals surface area contributed by atoms with Crippen LogP contribution >= 0.6 is 0 Å². The Morgan fingerprint density at radius 2 is 1.80 bits per heavy atom. The van der Waals surface area contributed by atoms with Crippen molar-refractivity contribution in [3.05, 3.63) is 65.2 Å². The number of anilines is 1. The molecule has 1 atom stereocenters. The van der Waals surface area contributed by atoms with Crippen molar-refractivity contribution in [2.24, 2.45) is 0 Å². The van der Waals surface area contributed by atoms with Crippen molar-refractivity contribution in [3.63, 3.8) is 0 Å². The van der Waals surface area contributed by atoms with Gasteiger partial charge in [0.15, 0.2) is 0 Å². The summed E-state index contributed by atoms with van der Waals surface area (Å²) in [7, 11) is 0. The molecule has 0 aromatic heterocycles. The molecule has 20 heavy (non-hydrogen) atoms. The maximum atomic E-state index is 5.87. The van der Waals surface area contributed by atoms with E-state index < -0.39 is 0 Å². The molecule has 0 radical (unpaired) electrons. The van der Waals surface area contributed by atoms with Crippen LogP contribution in [0.1, 0.15) is 30.0 Å². The van der Waals surface area contributed by atoms with Gasteiger partial charge in [-0.3, -0.25) is 4.90 Å². The summed E-state index contributed by atoms with van der Waals surface area (Å²) in [6.45, 7) is 4.43. The number of hydrogen-bond acceptors (Lipinski definition) is 2. The number of hydrogen-bond donors (Lipinski definition) is 1. The minimum atomic E-state index is 0.601.